The number of hydrogen-bond acceptors (Lipinski definition) is 2. The lowest BCUT2D eigenvalue weighted by atomic mass is 9.99. The van der Waals surface area contributed by atoms with Gasteiger partial charge in [-0.25, -0.2) is 0 Å². The molecule has 0 bridgehead atoms. The Bertz CT molecular complexity index is 758. The normalized spacial score (nSPS) is 20.0. The Morgan fingerprint density at radius 1 is 1.12 bits per heavy atom. The van der Waals surface area contributed by atoms with Crippen molar-refractivity contribution in [2.24, 2.45) is 0 Å². The number of fused-ring (bicyclic) bond motifs is 1. The van der Waals surface area contributed by atoms with E-state index in [1.165, 1.54) is 21.6 Å². The predicted octanol–water partition coefficient (Wildman–Crippen LogP) is 3.08. The molecule has 2 aromatic carbocycles. The van der Waals surface area contributed by atoms with E-state index in [0.29, 0.717) is 13.4 Å². The van der Waals surface area contributed by atoms with Crippen LogP contribution in [0.2, 0.25) is 5.02 Å². The molecule has 124 valence electrons. The van der Waals surface area contributed by atoms with Crippen LogP contribution in [0.15, 0.2) is 48.5 Å². The fraction of sp³-hybridized carbons (Fsp3) is 0.300. The van der Waals surface area contributed by atoms with E-state index in [4.69, 9.17) is 21.1 Å². The van der Waals surface area contributed by atoms with Crippen molar-refractivity contribution in [3.8, 4) is 5.75 Å². The van der Waals surface area contributed by atoms with Gasteiger partial charge in [-0.15, -0.1) is 0 Å². The fourth-order valence-electron chi connectivity index (χ4n) is 3.52. The minimum Gasteiger partial charge on any atom is -0.467 e. The van der Waals surface area contributed by atoms with E-state index in [1.807, 2.05) is 12.1 Å². The van der Waals surface area contributed by atoms with E-state index in [0.717, 1.165) is 42.4 Å². The van der Waals surface area contributed by atoms with E-state index in [2.05, 4.69) is 36.4 Å². The van der Waals surface area contributed by atoms with Crippen molar-refractivity contribution < 1.29 is 14.4 Å². The van der Waals surface area contributed by atoms with Crippen molar-refractivity contribution in [3.05, 3.63) is 70.3 Å². The van der Waals surface area contributed by atoms with E-state index < -0.39 is 0 Å². The second-order valence-electron chi connectivity index (χ2n) is 6.39. The summed E-state index contributed by atoms with van der Waals surface area (Å²) >= 11 is 6.27. The van der Waals surface area contributed by atoms with Crippen LogP contribution in [0.25, 0.3) is 5.57 Å². The zero-order valence-corrected chi connectivity index (χ0v) is 14.3. The molecule has 1 unspecified atom stereocenters. The van der Waals surface area contributed by atoms with Crippen LogP contribution in [-0.2, 0) is 17.9 Å². The lowest BCUT2D eigenvalue weighted by Crippen LogP contribution is -3.11. The molecule has 0 saturated heterocycles. The van der Waals surface area contributed by atoms with Gasteiger partial charge in [-0.05, 0) is 29.3 Å². The first-order valence-electron chi connectivity index (χ1n) is 8.39. The topological polar surface area (TPSA) is 22.9 Å². The highest BCUT2D eigenvalue weighted by Gasteiger charge is 2.22. The lowest BCUT2D eigenvalue weighted by Gasteiger charge is -2.26. The molecule has 4 heteroatoms. The van der Waals surface area contributed by atoms with E-state index >= 15 is 0 Å². The van der Waals surface area contributed by atoms with Crippen molar-refractivity contribution >= 4 is 17.2 Å². The molecule has 0 spiro atoms. The van der Waals surface area contributed by atoms with Gasteiger partial charge in [0.1, 0.15) is 12.3 Å². The third-order valence-electron chi connectivity index (χ3n) is 4.72. The van der Waals surface area contributed by atoms with Crippen molar-refractivity contribution in [1.29, 1.82) is 0 Å². The average molecular weight is 343 g/mol. The molecule has 0 saturated carbocycles. The molecule has 2 heterocycles. The summed E-state index contributed by atoms with van der Waals surface area (Å²) in [6.45, 7) is 3.99. The maximum absolute atomic E-state index is 6.27. The first-order chi connectivity index (χ1) is 11.8. The van der Waals surface area contributed by atoms with Crippen LogP contribution >= 0.6 is 11.6 Å². The van der Waals surface area contributed by atoms with Gasteiger partial charge in [0, 0.05) is 17.0 Å². The molecule has 1 N–H and O–H groups in total. The van der Waals surface area contributed by atoms with Gasteiger partial charge in [0.05, 0.1) is 25.3 Å². The summed E-state index contributed by atoms with van der Waals surface area (Å²) in [6.07, 6.45) is 3.47. The summed E-state index contributed by atoms with van der Waals surface area (Å²) in [5.41, 5.74) is 5.04. The van der Waals surface area contributed by atoms with Gasteiger partial charge in [0.2, 0.25) is 0 Å². The average Bonchev–Trinajstić information content (AvgIpc) is 2.63. The molecular formula is C20H21ClNO2+. The van der Waals surface area contributed by atoms with Crippen molar-refractivity contribution in [2.75, 3.05) is 19.9 Å². The molecule has 3 nitrogen and oxygen atoms in total. The summed E-state index contributed by atoms with van der Waals surface area (Å²) in [5.74, 6) is 0.969. The Morgan fingerprint density at radius 3 is 2.79 bits per heavy atom. The number of benzene rings is 2. The number of nitrogens with one attached hydrogen (secondary N) is 1. The predicted molar refractivity (Wildman–Crippen MR) is 95.2 cm³/mol. The second kappa shape index (κ2) is 6.98. The summed E-state index contributed by atoms with van der Waals surface area (Å²) < 4.78 is 11.1. The number of quaternary nitrogens is 1. The van der Waals surface area contributed by atoms with Gasteiger partial charge in [0.15, 0.2) is 6.79 Å². The highest BCUT2D eigenvalue weighted by atomic mass is 35.5. The third kappa shape index (κ3) is 3.34. The van der Waals surface area contributed by atoms with Crippen molar-refractivity contribution in [2.45, 2.75) is 19.6 Å². The van der Waals surface area contributed by atoms with Crippen molar-refractivity contribution in [1.82, 2.24) is 0 Å². The number of hydrogen-bond donors (Lipinski definition) is 1. The Morgan fingerprint density at radius 2 is 2.00 bits per heavy atom. The van der Waals surface area contributed by atoms with E-state index in [-0.39, 0.29) is 0 Å². The second-order valence-corrected chi connectivity index (χ2v) is 6.83. The minimum atomic E-state index is 0.328. The van der Waals surface area contributed by atoms with Gasteiger partial charge in [-0.3, -0.25) is 0 Å². The van der Waals surface area contributed by atoms with Gasteiger partial charge in [0.25, 0.3) is 0 Å². The van der Waals surface area contributed by atoms with Crippen LogP contribution in [0.3, 0.4) is 0 Å². The smallest absolute Gasteiger partial charge is 0.189 e. The first kappa shape index (κ1) is 15.7. The van der Waals surface area contributed by atoms with E-state index in [9.17, 15) is 0 Å². The molecule has 24 heavy (non-hydrogen) atoms. The maximum Gasteiger partial charge on any atom is 0.189 e. The zero-order chi connectivity index (χ0) is 16.4. The number of halogens is 1. The molecule has 0 aromatic heterocycles. The Hall–Kier alpha value is -1.81. The summed E-state index contributed by atoms with van der Waals surface area (Å²) in [4.78, 5) is 1.54. The molecule has 0 aliphatic carbocycles. The Kier molecular flexibility index (Phi) is 4.56. The SMILES string of the molecule is Clc1cc2c(c(C[NH+]3CC=C(c4ccccc4)CC3)c1)OCOC2. The molecule has 4 rings (SSSR count). The van der Waals surface area contributed by atoms with Gasteiger partial charge < -0.3 is 14.4 Å². The number of rotatable bonds is 3. The minimum absolute atomic E-state index is 0.328. The fourth-order valence-corrected chi connectivity index (χ4v) is 3.78. The third-order valence-corrected chi connectivity index (χ3v) is 4.94. The molecule has 0 fully saturated rings. The first-order valence-corrected chi connectivity index (χ1v) is 8.77. The summed E-state index contributed by atoms with van der Waals surface area (Å²) in [7, 11) is 0. The quantitative estimate of drug-likeness (QED) is 0.926. The molecule has 0 amide bonds. The highest BCUT2D eigenvalue weighted by molar-refractivity contribution is 6.30. The Labute approximate surface area is 147 Å². The summed E-state index contributed by atoms with van der Waals surface area (Å²) in [5, 5.41) is 0.759. The molecule has 2 aliphatic heterocycles. The molecular weight excluding hydrogens is 322 g/mol. The number of ether oxygens (including phenoxy) is 2. The van der Waals surface area contributed by atoms with Gasteiger partial charge in [-0.2, -0.15) is 0 Å². The Balaban J connectivity index is 1.50. The largest absolute Gasteiger partial charge is 0.467 e. The monoisotopic (exact) mass is 342 g/mol. The van der Waals surface area contributed by atoms with Gasteiger partial charge in [-0.1, -0.05) is 41.9 Å². The maximum atomic E-state index is 6.27. The van der Waals surface area contributed by atoms with Gasteiger partial charge >= 0.3 is 0 Å². The zero-order valence-electron chi connectivity index (χ0n) is 13.6. The van der Waals surface area contributed by atoms with E-state index in [1.54, 1.807) is 0 Å². The molecule has 0 radical (unpaired) electrons. The molecule has 2 aromatic rings. The summed E-state index contributed by atoms with van der Waals surface area (Å²) in [6, 6.07) is 14.6. The molecule has 1 atom stereocenters. The van der Waals surface area contributed by atoms with Crippen molar-refractivity contribution in [3.63, 3.8) is 0 Å². The van der Waals surface area contributed by atoms with Crippen LogP contribution in [-0.4, -0.2) is 19.9 Å². The van der Waals surface area contributed by atoms with Crippen LogP contribution in [0, 0.1) is 0 Å². The standard InChI is InChI=1S/C20H20ClNO2/c21-19-10-17(20-18(11-19)13-23-14-24-20)12-22-8-6-16(7-9-22)15-4-2-1-3-5-15/h1-6,10-11H,7-9,12-14H2/p+1. The molecule has 2 aliphatic rings. The lowest BCUT2D eigenvalue weighted by molar-refractivity contribution is -0.908. The van der Waals surface area contributed by atoms with Crippen LogP contribution in [0.4, 0.5) is 0 Å². The highest BCUT2D eigenvalue weighted by Crippen LogP contribution is 2.31. The van der Waals surface area contributed by atoms with Crippen LogP contribution in [0.5, 0.6) is 5.75 Å². The van der Waals surface area contributed by atoms with Crippen LogP contribution in [0.1, 0.15) is 23.1 Å². The van der Waals surface area contributed by atoms with Crippen LogP contribution < -0.4 is 9.64 Å².